The number of halogens is 1. The molecule has 2 unspecified atom stereocenters. The van der Waals surface area contributed by atoms with Gasteiger partial charge < -0.3 is 30.5 Å². The molecule has 0 spiro atoms. The average molecular weight is 323 g/mol. The Morgan fingerprint density at radius 2 is 1.73 bits per heavy atom. The van der Waals surface area contributed by atoms with Crippen molar-refractivity contribution in [3.63, 3.8) is 0 Å². The Bertz CT molecular complexity index is 496. The van der Waals surface area contributed by atoms with Crippen LogP contribution in [0.5, 0.6) is 0 Å². The van der Waals surface area contributed by atoms with Gasteiger partial charge in [0.25, 0.3) is 5.85 Å². The van der Waals surface area contributed by atoms with Crippen molar-refractivity contribution in [3.8, 4) is 0 Å². The Kier molecular flexibility index (Phi) is 5.04. The first-order valence-electron chi connectivity index (χ1n) is 6.31. The molecule has 22 heavy (non-hydrogen) atoms. The largest absolute Gasteiger partial charge is 0.382 e. The minimum atomic E-state index is -3.95. The number of ether oxygens (including phenoxy) is 1. The van der Waals surface area contributed by atoms with Crippen LogP contribution in [-0.4, -0.2) is 73.9 Å². The number of ketones is 2. The van der Waals surface area contributed by atoms with E-state index in [1.54, 1.807) is 0 Å². The molecule has 1 amide bonds. The van der Waals surface area contributed by atoms with Crippen LogP contribution >= 0.6 is 0 Å². The monoisotopic (exact) mass is 323 g/mol. The summed E-state index contributed by atoms with van der Waals surface area (Å²) in [6.45, 7) is 2.51. The van der Waals surface area contributed by atoms with E-state index in [-0.39, 0.29) is 0 Å². The third-order valence-electron chi connectivity index (χ3n) is 3.53. The summed E-state index contributed by atoms with van der Waals surface area (Å²) in [6, 6.07) is -2.05. The summed E-state index contributed by atoms with van der Waals surface area (Å²) >= 11 is 0. The molecule has 0 aromatic heterocycles. The number of amides is 1. The molecular formula is C12H18FNO8. The zero-order valence-electron chi connectivity index (χ0n) is 12.1. The standard InChI is InChI=1S/C12H18FNO8/c1-4(15)7(18)9-12(13,21)11(20,5(2)16)8(10(19)22-9)14-6(3)17/h7-10,18-21H,1-3H3,(H,14,17)/t7?,8-,9+,10?,11+,12+/m0/s1. The highest BCUT2D eigenvalue weighted by Gasteiger charge is 2.70. The zero-order valence-corrected chi connectivity index (χ0v) is 12.1. The molecule has 0 aromatic rings. The van der Waals surface area contributed by atoms with Crippen LogP contribution in [0, 0.1) is 0 Å². The Balaban J connectivity index is 3.40. The van der Waals surface area contributed by atoms with E-state index in [1.807, 2.05) is 5.32 Å². The highest BCUT2D eigenvalue weighted by atomic mass is 19.2. The minimum absolute atomic E-state index is 0.703. The Hall–Kier alpha value is -1.46. The fourth-order valence-electron chi connectivity index (χ4n) is 2.32. The summed E-state index contributed by atoms with van der Waals surface area (Å²) in [6.07, 6.45) is -6.85. The summed E-state index contributed by atoms with van der Waals surface area (Å²) in [7, 11) is 0. The number of alkyl halides is 1. The SMILES string of the molecule is CC(=O)N[C@H]1C(O)O[C@H](C(O)C(C)=O)[C@](O)(F)[C@@]1(O)C(C)=O. The summed E-state index contributed by atoms with van der Waals surface area (Å²) in [5.41, 5.74) is -3.34. The van der Waals surface area contributed by atoms with Crippen molar-refractivity contribution in [3.05, 3.63) is 0 Å². The first-order chi connectivity index (χ1) is 9.87. The van der Waals surface area contributed by atoms with E-state index < -0.39 is 53.5 Å². The fourth-order valence-corrected chi connectivity index (χ4v) is 2.32. The van der Waals surface area contributed by atoms with E-state index in [2.05, 4.69) is 4.74 Å². The van der Waals surface area contributed by atoms with Crippen molar-refractivity contribution in [1.29, 1.82) is 0 Å². The van der Waals surface area contributed by atoms with Gasteiger partial charge in [-0.2, -0.15) is 0 Å². The molecular weight excluding hydrogens is 305 g/mol. The van der Waals surface area contributed by atoms with Crippen molar-refractivity contribution in [2.24, 2.45) is 0 Å². The molecule has 10 heteroatoms. The first-order valence-corrected chi connectivity index (χ1v) is 6.31. The van der Waals surface area contributed by atoms with Gasteiger partial charge in [-0.3, -0.25) is 14.4 Å². The van der Waals surface area contributed by atoms with Crippen LogP contribution in [0.3, 0.4) is 0 Å². The number of aliphatic hydroxyl groups is 4. The fraction of sp³-hybridized carbons (Fsp3) is 0.750. The molecule has 6 atom stereocenters. The quantitative estimate of drug-likeness (QED) is 0.370. The Morgan fingerprint density at radius 1 is 1.23 bits per heavy atom. The maximum atomic E-state index is 14.7. The number of rotatable bonds is 4. The molecule has 1 aliphatic rings. The minimum Gasteiger partial charge on any atom is -0.382 e. The molecule has 5 N–H and O–H groups in total. The van der Waals surface area contributed by atoms with Crippen LogP contribution in [0.1, 0.15) is 20.8 Å². The van der Waals surface area contributed by atoms with E-state index in [0.717, 1.165) is 13.8 Å². The van der Waals surface area contributed by atoms with E-state index in [0.29, 0.717) is 6.92 Å². The highest BCUT2D eigenvalue weighted by Crippen LogP contribution is 2.41. The summed E-state index contributed by atoms with van der Waals surface area (Å²) in [5.74, 6) is -7.18. The number of carbonyl (C=O) groups is 3. The summed E-state index contributed by atoms with van der Waals surface area (Å²) in [5, 5.41) is 41.5. The molecule has 1 fully saturated rings. The molecule has 1 aliphatic heterocycles. The van der Waals surface area contributed by atoms with Crippen molar-refractivity contribution in [2.45, 2.75) is 56.8 Å². The molecule has 0 radical (unpaired) electrons. The van der Waals surface area contributed by atoms with Crippen LogP contribution in [0.2, 0.25) is 0 Å². The van der Waals surface area contributed by atoms with Crippen molar-refractivity contribution in [2.75, 3.05) is 0 Å². The molecule has 1 saturated heterocycles. The maximum Gasteiger partial charge on any atom is 0.274 e. The number of hydrogen-bond acceptors (Lipinski definition) is 8. The Labute approximate surface area is 124 Å². The smallest absolute Gasteiger partial charge is 0.274 e. The van der Waals surface area contributed by atoms with E-state index in [4.69, 9.17) is 0 Å². The topological polar surface area (TPSA) is 153 Å². The van der Waals surface area contributed by atoms with E-state index >= 15 is 0 Å². The highest BCUT2D eigenvalue weighted by molar-refractivity contribution is 5.89. The van der Waals surface area contributed by atoms with E-state index in [9.17, 15) is 39.2 Å². The van der Waals surface area contributed by atoms with Gasteiger partial charge in [0, 0.05) is 6.92 Å². The third kappa shape index (κ3) is 2.75. The van der Waals surface area contributed by atoms with Crippen LogP contribution in [-0.2, 0) is 19.1 Å². The van der Waals surface area contributed by atoms with Crippen molar-refractivity contribution >= 4 is 17.5 Å². The zero-order chi connectivity index (χ0) is 17.5. The van der Waals surface area contributed by atoms with Gasteiger partial charge in [-0.15, -0.1) is 0 Å². The van der Waals surface area contributed by atoms with Gasteiger partial charge in [-0.05, 0) is 13.8 Å². The molecule has 1 heterocycles. The normalized spacial score (nSPS) is 39.9. The summed E-state index contributed by atoms with van der Waals surface area (Å²) < 4.78 is 19.3. The Morgan fingerprint density at radius 3 is 2.09 bits per heavy atom. The van der Waals surface area contributed by atoms with Gasteiger partial charge in [0.15, 0.2) is 24.0 Å². The van der Waals surface area contributed by atoms with Crippen LogP contribution < -0.4 is 5.32 Å². The van der Waals surface area contributed by atoms with Crippen LogP contribution in [0.4, 0.5) is 4.39 Å². The van der Waals surface area contributed by atoms with E-state index in [1.165, 1.54) is 0 Å². The lowest BCUT2D eigenvalue weighted by atomic mass is 9.75. The number of hydrogen-bond donors (Lipinski definition) is 5. The van der Waals surface area contributed by atoms with Crippen LogP contribution in [0.25, 0.3) is 0 Å². The molecule has 0 saturated carbocycles. The second kappa shape index (κ2) is 5.97. The van der Waals surface area contributed by atoms with Gasteiger partial charge >= 0.3 is 0 Å². The molecule has 126 valence electrons. The third-order valence-corrected chi connectivity index (χ3v) is 3.53. The second-order valence-corrected chi connectivity index (χ2v) is 5.18. The lowest BCUT2D eigenvalue weighted by Crippen LogP contribution is -2.80. The number of aliphatic hydroxyl groups excluding tert-OH is 2. The first kappa shape index (κ1) is 18.6. The second-order valence-electron chi connectivity index (χ2n) is 5.18. The number of nitrogens with one attached hydrogen (secondary N) is 1. The lowest BCUT2D eigenvalue weighted by Gasteiger charge is -2.51. The van der Waals surface area contributed by atoms with Crippen LogP contribution in [0.15, 0.2) is 0 Å². The number of Topliss-reactive ketones (excluding diaryl/α,β-unsaturated/α-hetero) is 2. The summed E-state index contributed by atoms with van der Waals surface area (Å²) in [4.78, 5) is 33.9. The van der Waals surface area contributed by atoms with Crippen molar-refractivity contribution in [1.82, 2.24) is 5.32 Å². The molecule has 1 rings (SSSR count). The molecule has 9 nitrogen and oxygen atoms in total. The number of carbonyl (C=O) groups excluding carboxylic acids is 3. The van der Waals surface area contributed by atoms with Gasteiger partial charge in [0.2, 0.25) is 11.5 Å². The predicted molar refractivity (Wildman–Crippen MR) is 66.9 cm³/mol. The molecule has 0 bridgehead atoms. The predicted octanol–water partition coefficient (Wildman–Crippen LogP) is -2.86. The maximum absolute atomic E-state index is 14.7. The molecule has 0 aromatic carbocycles. The van der Waals surface area contributed by atoms with Gasteiger partial charge in [0.1, 0.15) is 12.1 Å². The average Bonchev–Trinajstić information content (AvgIpc) is 2.37. The van der Waals surface area contributed by atoms with Crippen molar-refractivity contribution < 1.29 is 43.9 Å². The van der Waals surface area contributed by atoms with Gasteiger partial charge in [0.05, 0.1) is 0 Å². The van der Waals surface area contributed by atoms with Gasteiger partial charge in [-0.25, -0.2) is 4.39 Å². The molecule has 0 aliphatic carbocycles. The van der Waals surface area contributed by atoms with Gasteiger partial charge in [-0.1, -0.05) is 0 Å². The lowest BCUT2D eigenvalue weighted by molar-refractivity contribution is -0.363.